The number of nitrogens with one attached hydrogen (secondary N) is 1. The molecule has 1 N–H and O–H groups in total. The molecule has 0 heterocycles. The van der Waals surface area contributed by atoms with Gasteiger partial charge in [0, 0.05) is 11.6 Å². The summed E-state index contributed by atoms with van der Waals surface area (Å²) in [6.07, 6.45) is 6.51. The Morgan fingerprint density at radius 1 is 1.05 bits per heavy atom. The monoisotopic (exact) mass is 277 g/mol. The van der Waals surface area contributed by atoms with Crippen LogP contribution in [-0.2, 0) is 0 Å². The van der Waals surface area contributed by atoms with Crippen molar-refractivity contribution in [3.8, 4) is 5.75 Å². The summed E-state index contributed by atoms with van der Waals surface area (Å²) in [6, 6.07) is 8.73. The molecule has 0 aliphatic carbocycles. The summed E-state index contributed by atoms with van der Waals surface area (Å²) in [5, 5.41) is 3.61. The fraction of sp³-hybridized carbons (Fsp3) is 0.667. The van der Waals surface area contributed by atoms with Crippen LogP contribution < -0.4 is 10.1 Å². The topological polar surface area (TPSA) is 21.3 Å². The maximum Gasteiger partial charge on any atom is 0.124 e. The van der Waals surface area contributed by atoms with Crippen LogP contribution in [0.15, 0.2) is 24.3 Å². The number of hydrogen-bond donors (Lipinski definition) is 1. The Hall–Kier alpha value is -1.02. The highest BCUT2D eigenvalue weighted by atomic mass is 16.5. The molecule has 20 heavy (non-hydrogen) atoms. The fourth-order valence-corrected chi connectivity index (χ4v) is 2.23. The van der Waals surface area contributed by atoms with Gasteiger partial charge in [-0.05, 0) is 39.3 Å². The van der Waals surface area contributed by atoms with Crippen LogP contribution in [0.2, 0.25) is 0 Å². The molecule has 0 saturated carbocycles. The largest absolute Gasteiger partial charge is 0.490 e. The van der Waals surface area contributed by atoms with E-state index in [9.17, 15) is 0 Å². The van der Waals surface area contributed by atoms with Gasteiger partial charge in [0.2, 0.25) is 0 Å². The van der Waals surface area contributed by atoms with Gasteiger partial charge in [0.1, 0.15) is 5.75 Å². The van der Waals surface area contributed by atoms with E-state index in [1.54, 1.807) is 0 Å². The molecular formula is C18H31NO. The third-order valence-corrected chi connectivity index (χ3v) is 3.77. The van der Waals surface area contributed by atoms with Crippen LogP contribution in [0.1, 0.15) is 71.4 Å². The van der Waals surface area contributed by atoms with Crippen molar-refractivity contribution in [2.24, 2.45) is 0 Å². The van der Waals surface area contributed by atoms with Gasteiger partial charge in [-0.25, -0.2) is 0 Å². The number of para-hydroxylation sites is 1. The van der Waals surface area contributed by atoms with E-state index >= 15 is 0 Å². The van der Waals surface area contributed by atoms with Gasteiger partial charge in [0.05, 0.1) is 6.10 Å². The van der Waals surface area contributed by atoms with Crippen molar-refractivity contribution in [3.63, 3.8) is 0 Å². The molecule has 0 aliphatic heterocycles. The van der Waals surface area contributed by atoms with Gasteiger partial charge in [-0.1, -0.05) is 51.3 Å². The highest BCUT2D eigenvalue weighted by molar-refractivity contribution is 5.35. The van der Waals surface area contributed by atoms with Crippen LogP contribution in [0.5, 0.6) is 5.75 Å². The summed E-state index contributed by atoms with van der Waals surface area (Å²) < 4.78 is 6.02. The molecule has 0 radical (unpaired) electrons. The van der Waals surface area contributed by atoms with E-state index in [0.717, 1.165) is 18.7 Å². The molecule has 0 aliphatic rings. The van der Waals surface area contributed by atoms with Crippen LogP contribution in [0.4, 0.5) is 0 Å². The molecule has 2 unspecified atom stereocenters. The lowest BCUT2D eigenvalue weighted by atomic mass is 10.1. The molecule has 0 bridgehead atoms. The summed E-state index contributed by atoms with van der Waals surface area (Å²) in [5.74, 6) is 1.02. The van der Waals surface area contributed by atoms with E-state index < -0.39 is 0 Å². The molecule has 0 spiro atoms. The quantitative estimate of drug-likeness (QED) is 0.601. The zero-order chi connectivity index (χ0) is 14.8. The van der Waals surface area contributed by atoms with Crippen molar-refractivity contribution >= 4 is 0 Å². The molecular weight excluding hydrogens is 246 g/mol. The third-order valence-electron chi connectivity index (χ3n) is 3.77. The Morgan fingerprint density at radius 3 is 2.50 bits per heavy atom. The van der Waals surface area contributed by atoms with Gasteiger partial charge in [0.15, 0.2) is 0 Å². The second-order valence-electron chi connectivity index (χ2n) is 5.61. The first-order valence-electron chi connectivity index (χ1n) is 8.18. The van der Waals surface area contributed by atoms with E-state index in [2.05, 4.69) is 57.3 Å². The van der Waals surface area contributed by atoms with Crippen LogP contribution in [0.3, 0.4) is 0 Å². The molecule has 114 valence electrons. The van der Waals surface area contributed by atoms with Gasteiger partial charge >= 0.3 is 0 Å². The molecule has 1 aromatic rings. The Morgan fingerprint density at radius 2 is 1.80 bits per heavy atom. The van der Waals surface area contributed by atoms with E-state index in [0.29, 0.717) is 6.04 Å². The third kappa shape index (κ3) is 5.96. The average molecular weight is 277 g/mol. The Kier molecular flexibility index (Phi) is 8.36. The summed E-state index contributed by atoms with van der Waals surface area (Å²) in [7, 11) is 0. The van der Waals surface area contributed by atoms with Crippen LogP contribution in [0, 0.1) is 0 Å². The number of unbranched alkanes of at least 4 members (excludes halogenated alkanes) is 3. The molecule has 2 nitrogen and oxygen atoms in total. The maximum atomic E-state index is 6.02. The molecule has 2 atom stereocenters. The van der Waals surface area contributed by atoms with Gasteiger partial charge in [0.25, 0.3) is 0 Å². The first-order chi connectivity index (χ1) is 9.69. The SMILES string of the molecule is CCCCCCNC(C)c1ccccc1OC(C)CC. The van der Waals surface area contributed by atoms with Gasteiger partial charge in [-0.3, -0.25) is 0 Å². The number of hydrogen-bond acceptors (Lipinski definition) is 2. The van der Waals surface area contributed by atoms with Gasteiger partial charge in [-0.2, -0.15) is 0 Å². The normalized spacial score (nSPS) is 14.0. The molecule has 2 heteroatoms. The summed E-state index contributed by atoms with van der Waals surface area (Å²) in [5.41, 5.74) is 1.27. The first-order valence-corrected chi connectivity index (χ1v) is 8.18. The van der Waals surface area contributed by atoms with Crippen LogP contribution in [0.25, 0.3) is 0 Å². The summed E-state index contributed by atoms with van der Waals surface area (Å²) in [4.78, 5) is 0. The van der Waals surface area contributed by atoms with Crippen molar-refractivity contribution in [2.75, 3.05) is 6.54 Å². The van der Waals surface area contributed by atoms with Crippen molar-refractivity contribution in [2.45, 2.75) is 71.9 Å². The molecule has 0 saturated heterocycles. The molecule has 0 aromatic heterocycles. The minimum absolute atomic E-state index is 0.271. The van der Waals surface area contributed by atoms with Crippen LogP contribution >= 0.6 is 0 Å². The zero-order valence-corrected chi connectivity index (χ0v) is 13.6. The van der Waals surface area contributed by atoms with Crippen molar-refractivity contribution in [3.05, 3.63) is 29.8 Å². The van der Waals surface area contributed by atoms with E-state index in [1.165, 1.54) is 31.2 Å². The predicted molar refractivity (Wildman–Crippen MR) is 87.4 cm³/mol. The van der Waals surface area contributed by atoms with Gasteiger partial charge < -0.3 is 10.1 Å². The van der Waals surface area contributed by atoms with Gasteiger partial charge in [-0.15, -0.1) is 0 Å². The highest BCUT2D eigenvalue weighted by Crippen LogP contribution is 2.26. The fourth-order valence-electron chi connectivity index (χ4n) is 2.23. The molecule has 1 aromatic carbocycles. The Labute approximate surface area is 124 Å². The minimum atomic E-state index is 0.271. The maximum absolute atomic E-state index is 6.02. The summed E-state index contributed by atoms with van der Waals surface area (Å²) >= 11 is 0. The average Bonchev–Trinajstić information content (AvgIpc) is 2.47. The van der Waals surface area contributed by atoms with Crippen molar-refractivity contribution in [1.29, 1.82) is 0 Å². The number of ether oxygens (including phenoxy) is 1. The van der Waals surface area contributed by atoms with E-state index in [-0.39, 0.29) is 6.10 Å². The van der Waals surface area contributed by atoms with E-state index in [1.807, 2.05) is 0 Å². The molecule has 0 amide bonds. The Balaban J connectivity index is 2.51. The van der Waals surface area contributed by atoms with Crippen LogP contribution in [-0.4, -0.2) is 12.6 Å². The molecule has 1 rings (SSSR count). The second-order valence-corrected chi connectivity index (χ2v) is 5.61. The zero-order valence-electron chi connectivity index (χ0n) is 13.6. The highest BCUT2D eigenvalue weighted by Gasteiger charge is 2.12. The standard InChI is InChI=1S/C18H31NO/c1-5-7-8-11-14-19-16(4)17-12-9-10-13-18(17)20-15(3)6-2/h9-10,12-13,15-16,19H,5-8,11,14H2,1-4H3. The van der Waals surface area contributed by atoms with E-state index in [4.69, 9.17) is 4.74 Å². The number of benzene rings is 1. The smallest absolute Gasteiger partial charge is 0.124 e. The Bertz CT molecular complexity index is 364. The van der Waals surface area contributed by atoms with Crippen molar-refractivity contribution in [1.82, 2.24) is 5.32 Å². The molecule has 0 fully saturated rings. The lowest BCUT2D eigenvalue weighted by molar-refractivity contribution is 0.213. The van der Waals surface area contributed by atoms with Crippen molar-refractivity contribution < 1.29 is 4.74 Å². The lowest BCUT2D eigenvalue weighted by Gasteiger charge is -2.20. The minimum Gasteiger partial charge on any atom is -0.490 e. The number of rotatable bonds is 10. The predicted octanol–water partition coefficient (Wildman–Crippen LogP) is 5.09. The second kappa shape index (κ2) is 9.82. The lowest BCUT2D eigenvalue weighted by Crippen LogP contribution is -2.21. The first kappa shape index (κ1) is 17.0. The summed E-state index contributed by atoms with van der Waals surface area (Å²) in [6.45, 7) is 9.83.